The number of ether oxygens (including phenoxy) is 1. The minimum atomic E-state index is -3.05. The molecular weight excluding hydrogens is 312 g/mol. The van der Waals surface area contributed by atoms with E-state index in [2.05, 4.69) is 18.7 Å². The van der Waals surface area contributed by atoms with Crippen LogP contribution in [0.4, 0.5) is 0 Å². The van der Waals surface area contributed by atoms with Crippen LogP contribution in [0.25, 0.3) is 0 Å². The normalized spacial score (nSPS) is 26.4. The van der Waals surface area contributed by atoms with E-state index in [1.807, 2.05) is 6.92 Å². The van der Waals surface area contributed by atoms with Crippen LogP contribution in [0, 0.1) is 5.41 Å². The van der Waals surface area contributed by atoms with Gasteiger partial charge >= 0.3 is 0 Å². The van der Waals surface area contributed by atoms with Crippen LogP contribution in [0.5, 0.6) is 0 Å². The fourth-order valence-electron chi connectivity index (χ4n) is 4.21. The van der Waals surface area contributed by atoms with Crippen LogP contribution in [0.2, 0.25) is 0 Å². The average molecular weight is 347 g/mol. The Morgan fingerprint density at radius 1 is 1.26 bits per heavy atom. The standard InChI is InChI=1S/C17H34N2O3S/c1-5-6-11-23(20,21)18-9-7-17(8-10-18)12-16(13-22-4)19(14-17)15(2)3/h15-16H,5-14H2,1-4H3/t16-/m0/s1. The zero-order chi connectivity index (χ0) is 17.1. The van der Waals surface area contributed by atoms with Gasteiger partial charge in [-0.1, -0.05) is 13.3 Å². The predicted octanol–water partition coefficient (Wildman–Crippen LogP) is 2.33. The highest BCUT2D eigenvalue weighted by molar-refractivity contribution is 7.89. The summed E-state index contributed by atoms with van der Waals surface area (Å²) < 4.78 is 31.9. The number of hydrogen-bond acceptors (Lipinski definition) is 4. The van der Waals surface area contributed by atoms with E-state index >= 15 is 0 Å². The van der Waals surface area contributed by atoms with Gasteiger partial charge in [-0.3, -0.25) is 4.90 Å². The number of nitrogens with zero attached hydrogens (tertiary/aromatic N) is 2. The van der Waals surface area contributed by atoms with Gasteiger partial charge in [0.15, 0.2) is 0 Å². The van der Waals surface area contributed by atoms with E-state index in [0.29, 0.717) is 30.9 Å². The molecule has 2 heterocycles. The summed E-state index contributed by atoms with van der Waals surface area (Å²) in [6.07, 6.45) is 4.81. The minimum absolute atomic E-state index is 0.282. The van der Waals surface area contributed by atoms with Crippen molar-refractivity contribution >= 4 is 10.0 Å². The molecular formula is C17H34N2O3S. The lowest BCUT2D eigenvalue weighted by atomic mass is 9.77. The quantitative estimate of drug-likeness (QED) is 0.710. The predicted molar refractivity (Wildman–Crippen MR) is 94.1 cm³/mol. The molecule has 1 atom stereocenters. The van der Waals surface area contributed by atoms with Gasteiger partial charge in [-0.2, -0.15) is 0 Å². The fraction of sp³-hybridized carbons (Fsp3) is 1.00. The molecule has 1 spiro atoms. The zero-order valence-electron chi connectivity index (χ0n) is 15.3. The lowest BCUT2D eigenvalue weighted by molar-refractivity contribution is 0.0969. The van der Waals surface area contributed by atoms with Gasteiger partial charge in [-0.05, 0) is 44.9 Å². The molecule has 2 saturated heterocycles. The maximum absolute atomic E-state index is 12.4. The molecule has 136 valence electrons. The molecule has 0 aromatic carbocycles. The molecule has 0 radical (unpaired) electrons. The Kier molecular flexibility index (Phi) is 6.50. The lowest BCUT2D eigenvalue weighted by Gasteiger charge is -2.39. The third kappa shape index (κ3) is 4.47. The van der Waals surface area contributed by atoms with Gasteiger partial charge in [0, 0.05) is 38.8 Å². The molecule has 2 rings (SSSR count). The smallest absolute Gasteiger partial charge is 0.214 e. The van der Waals surface area contributed by atoms with Crippen LogP contribution >= 0.6 is 0 Å². The van der Waals surface area contributed by atoms with Gasteiger partial charge < -0.3 is 4.74 Å². The van der Waals surface area contributed by atoms with Crippen LogP contribution in [0.1, 0.15) is 52.9 Å². The number of rotatable bonds is 7. The Hall–Kier alpha value is -0.170. The number of likely N-dealkylation sites (tertiary alicyclic amines) is 1. The summed E-state index contributed by atoms with van der Waals surface area (Å²) in [6.45, 7) is 9.77. The molecule has 0 unspecified atom stereocenters. The third-order valence-corrected chi connectivity index (χ3v) is 7.57. The molecule has 0 saturated carbocycles. The van der Waals surface area contributed by atoms with E-state index in [9.17, 15) is 8.42 Å². The molecule has 0 aromatic heterocycles. The van der Waals surface area contributed by atoms with E-state index < -0.39 is 10.0 Å². The Morgan fingerprint density at radius 2 is 1.91 bits per heavy atom. The van der Waals surface area contributed by atoms with Crippen molar-refractivity contribution in [1.82, 2.24) is 9.21 Å². The summed E-state index contributed by atoms with van der Waals surface area (Å²) in [7, 11) is -1.28. The van der Waals surface area contributed by atoms with Gasteiger partial charge in [-0.15, -0.1) is 0 Å². The number of sulfonamides is 1. The summed E-state index contributed by atoms with van der Waals surface area (Å²) in [4.78, 5) is 2.55. The molecule has 0 N–H and O–H groups in total. The first-order valence-corrected chi connectivity index (χ1v) is 10.7. The largest absolute Gasteiger partial charge is 0.383 e. The van der Waals surface area contributed by atoms with Gasteiger partial charge in [0.25, 0.3) is 0 Å². The summed E-state index contributed by atoms with van der Waals surface area (Å²) >= 11 is 0. The van der Waals surface area contributed by atoms with Gasteiger partial charge in [0.2, 0.25) is 10.0 Å². The number of piperidine rings is 1. The van der Waals surface area contributed by atoms with Crippen molar-refractivity contribution in [3.05, 3.63) is 0 Å². The Bertz CT molecular complexity index is 470. The monoisotopic (exact) mass is 346 g/mol. The van der Waals surface area contributed by atoms with E-state index in [1.165, 1.54) is 0 Å². The first-order valence-electron chi connectivity index (χ1n) is 9.06. The Morgan fingerprint density at radius 3 is 2.43 bits per heavy atom. The first kappa shape index (κ1) is 19.2. The molecule has 0 aliphatic carbocycles. The van der Waals surface area contributed by atoms with Crippen LogP contribution in [-0.2, 0) is 14.8 Å². The van der Waals surface area contributed by atoms with E-state index in [1.54, 1.807) is 11.4 Å². The number of hydrogen-bond donors (Lipinski definition) is 0. The van der Waals surface area contributed by atoms with Crippen LogP contribution in [-0.4, -0.2) is 68.8 Å². The zero-order valence-corrected chi connectivity index (χ0v) is 16.1. The fourth-order valence-corrected chi connectivity index (χ4v) is 5.86. The highest BCUT2D eigenvalue weighted by atomic mass is 32.2. The second-order valence-corrected chi connectivity index (χ2v) is 9.74. The van der Waals surface area contributed by atoms with Crippen molar-refractivity contribution in [3.63, 3.8) is 0 Å². The molecule has 0 aromatic rings. The van der Waals surface area contributed by atoms with Crippen molar-refractivity contribution < 1.29 is 13.2 Å². The van der Waals surface area contributed by atoms with Crippen LogP contribution in [0.3, 0.4) is 0 Å². The highest BCUT2D eigenvalue weighted by Gasteiger charge is 2.47. The van der Waals surface area contributed by atoms with Gasteiger partial charge in [-0.25, -0.2) is 12.7 Å². The summed E-state index contributed by atoms with van der Waals surface area (Å²) in [5.74, 6) is 0.306. The number of unbranched alkanes of at least 4 members (excludes halogenated alkanes) is 1. The van der Waals surface area contributed by atoms with E-state index in [4.69, 9.17) is 4.74 Å². The first-order chi connectivity index (χ1) is 10.8. The molecule has 0 amide bonds. The molecule has 2 aliphatic rings. The van der Waals surface area contributed by atoms with Crippen molar-refractivity contribution in [2.45, 2.75) is 65.0 Å². The highest BCUT2D eigenvalue weighted by Crippen LogP contribution is 2.44. The molecule has 23 heavy (non-hydrogen) atoms. The van der Waals surface area contributed by atoms with Gasteiger partial charge in [0.1, 0.15) is 0 Å². The molecule has 5 nitrogen and oxygen atoms in total. The number of methoxy groups -OCH3 is 1. The topological polar surface area (TPSA) is 49.9 Å². The van der Waals surface area contributed by atoms with Crippen molar-refractivity contribution in [3.8, 4) is 0 Å². The van der Waals surface area contributed by atoms with E-state index in [0.717, 1.165) is 45.3 Å². The Balaban J connectivity index is 1.98. The summed E-state index contributed by atoms with van der Waals surface area (Å²) in [6, 6.07) is 0.990. The Labute approximate surface area is 142 Å². The molecule has 2 aliphatic heterocycles. The maximum atomic E-state index is 12.4. The van der Waals surface area contributed by atoms with Crippen molar-refractivity contribution in [2.24, 2.45) is 5.41 Å². The third-order valence-electron chi connectivity index (χ3n) is 5.61. The maximum Gasteiger partial charge on any atom is 0.214 e. The van der Waals surface area contributed by atoms with Crippen LogP contribution < -0.4 is 0 Å². The van der Waals surface area contributed by atoms with Crippen LogP contribution in [0.15, 0.2) is 0 Å². The van der Waals surface area contributed by atoms with E-state index in [-0.39, 0.29) is 5.41 Å². The summed E-state index contributed by atoms with van der Waals surface area (Å²) in [5, 5.41) is 0. The van der Waals surface area contributed by atoms with Gasteiger partial charge in [0.05, 0.1) is 12.4 Å². The van der Waals surface area contributed by atoms with Crippen molar-refractivity contribution in [1.29, 1.82) is 0 Å². The average Bonchev–Trinajstić information content (AvgIpc) is 2.85. The second kappa shape index (κ2) is 7.81. The minimum Gasteiger partial charge on any atom is -0.383 e. The summed E-state index contributed by atoms with van der Waals surface area (Å²) in [5.41, 5.74) is 0.282. The van der Waals surface area contributed by atoms with Crippen molar-refractivity contribution in [2.75, 3.05) is 39.1 Å². The SMILES string of the molecule is CCCCS(=O)(=O)N1CCC2(CC1)C[C@@H](COC)N(C(C)C)C2. The molecule has 0 bridgehead atoms. The second-order valence-electron chi connectivity index (χ2n) is 7.65. The lowest BCUT2D eigenvalue weighted by Crippen LogP contribution is -2.45. The molecule has 6 heteroatoms. The molecule has 2 fully saturated rings.